The smallest absolute Gasteiger partial charge is 0.118 e. The van der Waals surface area contributed by atoms with Crippen molar-refractivity contribution in [3.05, 3.63) is 58.9 Å². The van der Waals surface area contributed by atoms with Gasteiger partial charge in [-0.05, 0) is 56.9 Å². The molecule has 0 aromatic rings. The maximum absolute atomic E-state index is 5.77. The van der Waals surface area contributed by atoms with Crippen molar-refractivity contribution in [3.63, 3.8) is 0 Å². The molecule has 0 saturated heterocycles. The molecule has 0 fully saturated rings. The van der Waals surface area contributed by atoms with E-state index in [1.54, 1.807) is 7.11 Å². The molecule has 186 valence electrons. The second-order valence-electron chi connectivity index (χ2n) is 13.1. The molecule has 0 bridgehead atoms. The molecule has 0 radical (unpaired) electrons. The Morgan fingerprint density at radius 1 is 0.788 bits per heavy atom. The number of rotatable bonds is 5. The first-order valence-electron chi connectivity index (χ1n) is 12.8. The third-order valence-corrected chi connectivity index (χ3v) is 12.0. The Hall–Kier alpha value is -1.07. The van der Waals surface area contributed by atoms with E-state index in [0.717, 1.165) is 5.76 Å². The van der Waals surface area contributed by atoms with Gasteiger partial charge in [-0.15, -0.1) is 0 Å². The summed E-state index contributed by atoms with van der Waals surface area (Å²) in [5.74, 6) is 2.42. The average molecular weight is 471 g/mol. The predicted octanol–water partition coefficient (Wildman–Crippen LogP) is 9.67. The number of allylic oxidation sites excluding steroid dienone is 9. The lowest BCUT2D eigenvalue weighted by Crippen LogP contribution is -2.46. The first-order chi connectivity index (χ1) is 14.9. The fourth-order valence-corrected chi connectivity index (χ4v) is 11.5. The fourth-order valence-electron chi connectivity index (χ4n) is 6.08. The largest absolute Gasteiger partial charge is 0.497 e. The highest BCUT2D eigenvalue weighted by Gasteiger charge is 2.54. The van der Waals surface area contributed by atoms with Crippen LogP contribution in [0.2, 0.25) is 0 Å². The van der Waals surface area contributed by atoms with Gasteiger partial charge in [0.2, 0.25) is 0 Å². The molecule has 0 spiro atoms. The quantitative estimate of drug-likeness (QED) is 0.363. The van der Waals surface area contributed by atoms with Crippen LogP contribution in [0.4, 0.5) is 0 Å². The molecule has 2 unspecified atom stereocenters. The second-order valence-corrected chi connectivity index (χ2v) is 17.2. The standard InChI is InChI=1S/C31H51OP/c1-21(2)24-15-16-26(27-19-25(32-14)17-18-30(27,13)22(3)4)31(20-24,23(5)6)33(28(7,8)9)29(10,11)12/h15-23H,1-14H3. The van der Waals surface area contributed by atoms with Gasteiger partial charge in [-0.3, -0.25) is 0 Å². The lowest BCUT2D eigenvalue weighted by molar-refractivity contribution is 0.293. The van der Waals surface area contributed by atoms with E-state index < -0.39 is 7.92 Å². The van der Waals surface area contributed by atoms with E-state index in [4.69, 9.17) is 4.74 Å². The molecule has 0 amide bonds. The highest BCUT2D eigenvalue weighted by atomic mass is 31.1. The van der Waals surface area contributed by atoms with Crippen LogP contribution in [-0.2, 0) is 4.74 Å². The summed E-state index contributed by atoms with van der Waals surface area (Å²) in [6, 6.07) is 0. The lowest BCUT2D eigenvalue weighted by Gasteiger charge is -2.57. The van der Waals surface area contributed by atoms with Crippen LogP contribution in [0, 0.1) is 23.2 Å². The SMILES string of the molecule is COC1=CC(=C2C=CC(C(C)C)=CC2(C(C)C)P(C(C)(C)C)C(C)(C)C)C(C)(C(C)C)C=C1. The van der Waals surface area contributed by atoms with E-state index in [9.17, 15) is 0 Å². The number of ether oxygens (including phenoxy) is 1. The molecule has 2 rings (SSSR count). The van der Waals surface area contributed by atoms with Gasteiger partial charge < -0.3 is 4.74 Å². The average Bonchev–Trinajstić information content (AvgIpc) is 2.65. The van der Waals surface area contributed by atoms with E-state index in [0.29, 0.717) is 17.8 Å². The van der Waals surface area contributed by atoms with Crippen molar-refractivity contribution < 1.29 is 4.74 Å². The molecule has 2 heteroatoms. The van der Waals surface area contributed by atoms with E-state index in [2.05, 4.69) is 126 Å². The van der Waals surface area contributed by atoms with Crippen molar-refractivity contribution in [2.75, 3.05) is 7.11 Å². The van der Waals surface area contributed by atoms with Crippen LogP contribution < -0.4 is 0 Å². The summed E-state index contributed by atoms with van der Waals surface area (Å²) >= 11 is 0. The van der Waals surface area contributed by atoms with Crippen LogP contribution in [0.15, 0.2) is 58.9 Å². The van der Waals surface area contributed by atoms with E-state index in [1.165, 1.54) is 16.7 Å². The zero-order chi connectivity index (χ0) is 25.6. The van der Waals surface area contributed by atoms with Gasteiger partial charge in [0.1, 0.15) is 5.76 Å². The van der Waals surface area contributed by atoms with Crippen LogP contribution in [0.25, 0.3) is 0 Å². The summed E-state index contributed by atoms with van der Waals surface area (Å²) in [6.07, 6.45) is 14.5. The molecular formula is C31H51OP. The first-order valence-corrected chi connectivity index (χ1v) is 14.2. The summed E-state index contributed by atoms with van der Waals surface area (Å²) in [4.78, 5) is 0. The summed E-state index contributed by atoms with van der Waals surface area (Å²) in [6.45, 7) is 31.5. The second kappa shape index (κ2) is 9.53. The summed E-state index contributed by atoms with van der Waals surface area (Å²) in [5, 5.41) is 0.367. The Morgan fingerprint density at radius 3 is 1.73 bits per heavy atom. The molecule has 0 aromatic heterocycles. The molecule has 1 nitrogen and oxygen atoms in total. The predicted molar refractivity (Wildman–Crippen MR) is 150 cm³/mol. The van der Waals surface area contributed by atoms with Gasteiger partial charge in [0.25, 0.3) is 0 Å². The molecule has 0 saturated carbocycles. The topological polar surface area (TPSA) is 9.23 Å². The highest BCUT2D eigenvalue weighted by molar-refractivity contribution is 7.63. The van der Waals surface area contributed by atoms with Crippen LogP contribution >= 0.6 is 7.92 Å². The molecule has 33 heavy (non-hydrogen) atoms. The van der Waals surface area contributed by atoms with Crippen molar-refractivity contribution in [1.29, 1.82) is 0 Å². The zero-order valence-electron chi connectivity index (χ0n) is 24.1. The first kappa shape index (κ1) is 28.2. The van der Waals surface area contributed by atoms with Crippen molar-refractivity contribution in [3.8, 4) is 0 Å². The third-order valence-electron chi connectivity index (χ3n) is 7.71. The molecule has 0 heterocycles. The van der Waals surface area contributed by atoms with Crippen LogP contribution in [-0.4, -0.2) is 22.6 Å². The highest BCUT2D eigenvalue weighted by Crippen LogP contribution is 2.73. The maximum Gasteiger partial charge on any atom is 0.118 e. The molecule has 2 aliphatic carbocycles. The van der Waals surface area contributed by atoms with Gasteiger partial charge in [-0.25, -0.2) is 0 Å². The molecule has 0 aromatic carbocycles. The number of hydrogen-bond acceptors (Lipinski definition) is 1. The van der Waals surface area contributed by atoms with Crippen LogP contribution in [0.3, 0.4) is 0 Å². The fraction of sp³-hybridized carbons (Fsp3) is 0.677. The molecule has 0 aliphatic heterocycles. The monoisotopic (exact) mass is 470 g/mol. The van der Waals surface area contributed by atoms with Gasteiger partial charge in [0.15, 0.2) is 0 Å². The molecule has 2 atom stereocenters. The van der Waals surface area contributed by atoms with Crippen LogP contribution in [0.5, 0.6) is 0 Å². The minimum absolute atomic E-state index is 0.0216. The lowest BCUT2D eigenvalue weighted by atomic mass is 9.65. The van der Waals surface area contributed by atoms with Gasteiger partial charge in [0.05, 0.1) is 7.11 Å². The Morgan fingerprint density at radius 2 is 1.33 bits per heavy atom. The van der Waals surface area contributed by atoms with Gasteiger partial charge in [-0.1, -0.05) is 122 Å². The van der Waals surface area contributed by atoms with Crippen molar-refractivity contribution in [2.45, 2.75) is 105 Å². The molecule has 0 N–H and O–H groups in total. The summed E-state index contributed by atoms with van der Waals surface area (Å²) in [5.41, 5.74) is 4.37. The summed E-state index contributed by atoms with van der Waals surface area (Å²) in [7, 11) is 1.33. The molecular weight excluding hydrogens is 419 g/mol. The third kappa shape index (κ3) is 5.15. The normalized spacial score (nSPS) is 28.8. The molecule has 2 aliphatic rings. The van der Waals surface area contributed by atoms with Gasteiger partial charge >= 0.3 is 0 Å². The van der Waals surface area contributed by atoms with Gasteiger partial charge in [0, 0.05) is 10.6 Å². The van der Waals surface area contributed by atoms with E-state index in [1.807, 2.05) is 0 Å². The Labute approximate surface area is 207 Å². The van der Waals surface area contributed by atoms with E-state index >= 15 is 0 Å². The van der Waals surface area contributed by atoms with Gasteiger partial charge in [-0.2, -0.15) is 0 Å². The minimum atomic E-state index is -0.459. The Bertz CT molecular complexity index is 865. The Kier molecular flexibility index (Phi) is 8.13. The number of hydrogen-bond donors (Lipinski definition) is 0. The van der Waals surface area contributed by atoms with Crippen molar-refractivity contribution >= 4 is 7.92 Å². The van der Waals surface area contributed by atoms with Crippen LogP contribution in [0.1, 0.15) is 90.0 Å². The minimum Gasteiger partial charge on any atom is -0.497 e. The number of methoxy groups -OCH3 is 1. The van der Waals surface area contributed by atoms with Crippen molar-refractivity contribution in [2.24, 2.45) is 23.2 Å². The maximum atomic E-state index is 5.77. The zero-order valence-corrected chi connectivity index (χ0v) is 24.9. The Balaban J connectivity index is 3.12. The van der Waals surface area contributed by atoms with E-state index in [-0.39, 0.29) is 20.9 Å². The summed E-state index contributed by atoms with van der Waals surface area (Å²) < 4.78 is 5.77. The van der Waals surface area contributed by atoms with Crippen molar-refractivity contribution in [1.82, 2.24) is 0 Å².